The fourth-order valence-corrected chi connectivity index (χ4v) is 5.83. The van der Waals surface area contributed by atoms with E-state index in [1.807, 2.05) is 72.8 Å². The van der Waals surface area contributed by atoms with E-state index in [0.717, 1.165) is 61.2 Å². The Kier molecular flexibility index (Phi) is 5.15. The highest BCUT2D eigenvalue weighted by Crippen LogP contribution is 2.50. The Morgan fingerprint density at radius 1 is 0.524 bits per heavy atom. The van der Waals surface area contributed by atoms with Gasteiger partial charge in [-0.15, -0.1) is 0 Å². The molecule has 42 heavy (non-hydrogen) atoms. The van der Waals surface area contributed by atoms with Crippen molar-refractivity contribution < 1.29 is 4.74 Å². The zero-order chi connectivity index (χ0) is 28.2. The summed E-state index contributed by atoms with van der Waals surface area (Å²) in [5, 5.41) is 23.0. The highest BCUT2D eigenvalue weighted by Gasteiger charge is 2.25. The van der Waals surface area contributed by atoms with Crippen molar-refractivity contribution in [3.63, 3.8) is 0 Å². The second kappa shape index (κ2) is 9.16. The minimum atomic E-state index is 0.0347. The number of nitriles is 2. The van der Waals surface area contributed by atoms with Crippen LogP contribution in [0.25, 0.3) is 43.7 Å². The number of hydrogen-bond donors (Lipinski definition) is 0. The highest BCUT2D eigenvalue weighted by molar-refractivity contribution is 6.23. The van der Waals surface area contributed by atoms with Crippen molar-refractivity contribution in [3.05, 3.63) is 127 Å². The van der Waals surface area contributed by atoms with Gasteiger partial charge >= 0.3 is 0 Å². The molecule has 1 aliphatic heterocycles. The third-order valence-corrected chi connectivity index (χ3v) is 7.75. The van der Waals surface area contributed by atoms with Gasteiger partial charge in [0, 0.05) is 16.5 Å². The van der Waals surface area contributed by atoms with Crippen LogP contribution in [0.3, 0.4) is 0 Å². The SMILES string of the molecule is N#Cc1nc2c3ccccc3c3cc(-c4ccc(N5c6ccccc6Oc6ccccc65)cc4)ccc3c2nc1C#N. The summed E-state index contributed by atoms with van der Waals surface area (Å²) in [6.07, 6.45) is 0. The minimum Gasteiger partial charge on any atom is -0.453 e. The van der Waals surface area contributed by atoms with Gasteiger partial charge in [-0.25, -0.2) is 9.97 Å². The van der Waals surface area contributed by atoms with E-state index in [4.69, 9.17) is 4.74 Å². The van der Waals surface area contributed by atoms with Gasteiger partial charge in [-0.2, -0.15) is 10.5 Å². The number of fused-ring (bicyclic) bond motifs is 8. The molecule has 0 aliphatic carbocycles. The van der Waals surface area contributed by atoms with Crippen LogP contribution in [0.2, 0.25) is 0 Å². The maximum Gasteiger partial charge on any atom is 0.177 e. The molecule has 0 radical (unpaired) electrons. The van der Waals surface area contributed by atoms with Crippen LogP contribution in [-0.2, 0) is 0 Å². The average molecular weight is 538 g/mol. The van der Waals surface area contributed by atoms with E-state index in [0.29, 0.717) is 11.0 Å². The molecule has 0 saturated carbocycles. The van der Waals surface area contributed by atoms with Crippen LogP contribution in [0.5, 0.6) is 11.5 Å². The fourth-order valence-electron chi connectivity index (χ4n) is 5.83. The van der Waals surface area contributed by atoms with Crippen LogP contribution in [-0.4, -0.2) is 9.97 Å². The summed E-state index contributed by atoms with van der Waals surface area (Å²) in [6.45, 7) is 0. The second-order valence-corrected chi connectivity index (χ2v) is 10.1. The van der Waals surface area contributed by atoms with E-state index >= 15 is 0 Å². The topological polar surface area (TPSA) is 85.8 Å². The normalized spacial score (nSPS) is 11.9. The van der Waals surface area contributed by atoms with Crippen LogP contribution in [0.1, 0.15) is 11.4 Å². The molecule has 0 unspecified atom stereocenters. The van der Waals surface area contributed by atoms with Crippen molar-refractivity contribution in [2.75, 3.05) is 4.90 Å². The molecule has 1 aliphatic rings. The Hall–Kier alpha value is -6.24. The summed E-state index contributed by atoms with van der Waals surface area (Å²) in [5.74, 6) is 1.64. The Morgan fingerprint density at radius 2 is 1.05 bits per heavy atom. The summed E-state index contributed by atoms with van der Waals surface area (Å²) in [7, 11) is 0. The molecule has 0 amide bonds. The number of para-hydroxylation sites is 4. The molecule has 0 atom stereocenters. The van der Waals surface area contributed by atoms with Crippen molar-refractivity contribution in [1.82, 2.24) is 9.97 Å². The standard InChI is InChI=1S/C36H19N5O/c37-20-29-30(21-38)40-36-27-18-15-23(19-28(27)25-7-1-2-8-26(25)35(36)39-29)22-13-16-24(17-14-22)41-31-9-3-5-11-33(31)42-34-12-6-4-10-32(34)41/h1-19H. The molecule has 1 aromatic heterocycles. The zero-order valence-electron chi connectivity index (χ0n) is 22.1. The Labute approximate surface area is 240 Å². The lowest BCUT2D eigenvalue weighted by Gasteiger charge is -2.32. The van der Waals surface area contributed by atoms with Crippen LogP contribution in [0.4, 0.5) is 17.1 Å². The van der Waals surface area contributed by atoms with Gasteiger partial charge in [-0.1, -0.05) is 72.8 Å². The summed E-state index contributed by atoms with van der Waals surface area (Å²) in [6, 6.07) is 42.9. The number of benzene rings is 6. The summed E-state index contributed by atoms with van der Waals surface area (Å²) in [4.78, 5) is 11.4. The number of rotatable bonds is 2. The number of aromatic nitrogens is 2. The largest absolute Gasteiger partial charge is 0.453 e. The van der Waals surface area contributed by atoms with Crippen molar-refractivity contribution in [2.24, 2.45) is 0 Å². The first-order valence-electron chi connectivity index (χ1n) is 13.5. The lowest BCUT2D eigenvalue weighted by Crippen LogP contribution is -2.15. The first-order chi connectivity index (χ1) is 20.7. The van der Waals surface area contributed by atoms with Gasteiger partial charge in [0.15, 0.2) is 22.9 Å². The monoisotopic (exact) mass is 537 g/mol. The van der Waals surface area contributed by atoms with Crippen LogP contribution in [0.15, 0.2) is 115 Å². The van der Waals surface area contributed by atoms with Gasteiger partial charge in [0.25, 0.3) is 0 Å². The zero-order valence-corrected chi connectivity index (χ0v) is 22.1. The average Bonchev–Trinajstić information content (AvgIpc) is 3.06. The number of nitrogens with zero attached hydrogens (tertiary/aromatic N) is 5. The molecule has 0 saturated heterocycles. The molecule has 0 N–H and O–H groups in total. The van der Waals surface area contributed by atoms with Crippen molar-refractivity contribution in [2.45, 2.75) is 0 Å². The first-order valence-corrected chi connectivity index (χ1v) is 13.5. The molecule has 6 heteroatoms. The number of ether oxygens (including phenoxy) is 1. The number of anilines is 3. The molecule has 0 fully saturated rings. The van der Waals surface area contributed by atoms with Crippen LogP contribution in [0, 0.1) is 22.7 Å². The molecule has 6 nitrogen and oxygen atoms in total. The van der Waals surface area contributed by atoms with Crippen molar-refractivity contribution in [3.8, 4) is 34.8 Å². The lowest BCUT2D eigenvalue weighted by atomic mass is 9.95. The van der Waals surface area contributed by atoms with E-state index < -0.39 is 0 Å². The van der Waals surface area contributed by atoms with E-state index in [-0.39, 0.29) is 11.4 Å². The summed E-state index contributed by atoms with van der Waals surface area (Å²) >= 11 is 0. The molecular formula is C36H19N5O. The fraction of sp³-hybridized carbons (Fsp3) is 0. The van der Waals surface area contributed by atoms with Gasteiger partial charge in [0.2, 0.25) is 0 Å². The second-order valence-electron chi connectivity index (χ2n) is 10.1. The highest BCUT2D eigenvalue weighted by atomic mass is 16.5. The van der Waals surface area contributed by atoms with Crippen LogP contribution < -0.4 is 9.64 Å². The predicted molar refractivity (Wildman–Crippen MR) is 164 cm³/mol. The predicted octanol–water partition coefficient (Wildman–Crippen LogP) is 8.92. The Morgan fingerprint density at radius 3 is 1.67 bits per heavy atom. The lowest BCUT2D eigenvalue weighted by molar-refractivity contribution is 0.477. The van der Waals surface area contributed by atoms with E-state index in [9.17, 15) is 10.5 Å². The minimum absolute atomic E-state index is 0.0347. The van der Waals surface area contributed by atoms with Crippen molar-refractivity contribution >= 4 is 49.6 Å². The quantitative estimate of drug-likeness (QED) is 0.205. The van der Waals surface area contributed by atoms with Gasteiger partial charge in [0.1, 0.15) is 12.1 Å². The van der Waals surface area contributed by atoms with E-state index in [1.54, 1.807) is 0 Å². The summed E-state index contributed by atoms with van der Waals surface area (Å²) in [5.41, 5.74) is 6.46. The third-order valence-electron chi connectivity index (χ3n) is 7.75. The Bertz CT molecular complexity index is 2270. The molecule has 0 spiro atoms. The smallest absolute Gasteiger partial charge is 0.177 e. The molecule has 8 rings (SSSR count). The summed E-state index contributed by atoms with van der Waals surface area (Å²) < 4.78 is 6.17. The third kappa shape index (κ3) is 3.50. The van der Waals surface area contributed by atoms with Gasteiger partial charge < -0.3 is 9.64 Å². The molecule has 7 aromatic rings. The van der Waals surface area contributed by atoms with Crippen molar-refractivity contribution in [1.29, 1.82) is 10.5 Å². The maximum absolute atomic E-state index is 9.60. The maximum atomic E-state index is 9.60. The van der Waals surface area contributed by atoms with E-state index in [1.165, 1.54) is 0 Å². The first kappa shape index (κ1) is 23.6. The molecule has 0 bridgehead atoms. The Balaban J connectivity index is 1.28. The molecular weight excluding hydrogens is 518 g/mol. The van der Waals surface area contributed by atoms with Gasteiger partial charge in [-0.3, -0.25) is 0 Å². The van der Waals surface area contributed by atoms with Gasteiger partial charge in [0.05, 0.1) is 22.4 Å². The van der Waals surface area contributed by atoms with Crippen LogP contribution >= 0.6 is 0 Å². The van der Waals surface area contributed by atoms with E-state index in [2.05, 4.69) is 69.5 Å². The van der Waals surface area contributed by atoms with Gasteiger partial charge in [-0.05, 0) is 64.4 Å². The molecule has 194 valence electrons. The number of hydrogen-bond acceptors (Lipinski definition) is 6. The molecule has 2 heterocycles. The molecule has 6 aromatic carbocycles.